The molecule has 0 aliphatic carbocycles. The van der Waals surface area contributed by atoms with E-state index in [1.54, 1.807) is 18.2 Å². The number of carbonyl (C=O) groups excluding carboxylic acids is 2. The second-order valence-electron chi connectivity index (χ2n) is 6.73. The summed E-state index contributed by atoms with van der Waals surface area (Å²) in [7, 11) is 0. The Morgan fingerprint density at radius 2 is 1.63 bits per heavy atom. The van der Waals surface area contributed by atoms with Gasteiger partial charge in [0.05, 0.1) is 6.61 Å². The number of carbonyl (C=O) groups is 2. The maximum Gasteiger partial charge on any atom is 0.302 e. The molecule has 3 rings (SSSR count). The van der Waals surface area contributed by atoms with Gasteiger partial charge in [-0.05, 0) is 29.3 Å². The lowest BCUT2D eigenvalue weighted by Crippen LogP contribution is -2.17. The Morgan fingerprint density at radius 1 is 0.933 bits per heavy atom. The minimum absolute atomic E-state index is 0.0497. The molecule has 3 aromatic carbocycles. The van der Waals surface area contributed by atoms with Gasteiger partial charge in [-0.3, -0.25) is 9.59 Å². The molecule has 0 aromatic heterocycles. The van der Waals surface area contributed by atoms with E-state index in [4.69, 9.17) is 14.2 Å². The fourth-order valence-corrected chi connectivity index (χ4v) is 2.95. The van der Waals surface area contributed by atoms with Gasteiger partial charge in [0.25, 0.3) is 0 Å². The van der Waals surface area contributed by atoms with E-state index in [0.29, 0.717) is 23.7 Å². The summed E-state index contributed by atoms with van der Waals surface area (Å²) in [6, 6.07) is 24.5. The lowest BCUT2D eigenvalue weighted by molar-refractivity contribution is -0.143. The number of aldehydes is 1. The van der Waals surface area contributed by atoms with Crippen LogP contribution in [0.15, 0.2) is 78.9 Å². The van der Waals surface area contributed by atoms with E-state index < -0.39 is 6.10 Å². The molecule has 5 nitrogen and oxygen atoms in total. The molecule has 0 saturated heterocycles. The molecule has 0 saturated carbocycles. The van der Waals surface area contributed by atoms with E-state index in [2.05, 4.69) is 0 Å². The highest BCUT2D eigenvalue weighted by atomic mass is 16.6. The molecular formula is C25H24O5. The number of benzene rings is 3. The van der Waals surface area contributed by atoms with Crippen molar-refractivity contribution in [2.24, 2.45) is 0 Å². The van der Waals surface area contributed by atoms with Crippen molar-refractivity contribution in [3.8, 4) is 11.5 Å². The first-order chi connectivity index (χ1) is 14.7. The summed E-state index contributed by atoms with van der Waals surface area (Å²) < 4.78 is 17.3. The summed E-state index contributed by atoms with van der Waals surface area (Å²) in [5.74, 6) is 0.564. The molecule has 0 N–H and O–H groups in total. The smallest absolute Gasteiger partial charge is 0.302 e. The topological polar surface area (TPSA) is 61.8 Å². The van der Waals surface area contributed by atoms with Crippen LogP contribution in [0.3, 0.4) is 0 Å². The van der Waals surface area contributed by atoms with Crippen LogP contribution in [0, 0.1) is 0 Å². The molecule has 0 aliphatic rings. The molecule has 0 amide bonds. The van der Waals surface area contributed by atoms with Crippen molar-refractivity contribution in [3.63, 3.8) is 0 Å². The average molecular weight is 404 g/mol. The van der Waals surface area contributed by atoms with Crippen LogP contribution in [-0.2, 0) is 16.0 Å². The Balaban J connectivity index is 1.78. The van der Waals surface area contributed by atoms with Gasteiger partial charge in [0.1, 0.15) is 12.9 Å². The van der Waals surface area contributed by atoms with Gasteiger partial charge in [0.15, 0.2) is 17.6 Å². The van der Waals surface area contributed by atoms with Gasteiger partial charge < -0.3 is 14.2 Å². The third-order valence-electron chi connectivity index (χ3n) is 4.47. The van der Waals surface area contributed by atoms with E-state index in [9.17, 15) is 9.59 Å². The van der Waals surface area contributed by atoms with Crippen molar-refractivity contribution in [1.82, 2.24) is 0 Å². The molecule has 1 atom stereocenters. The standard InChI is InChI=1S/C25H24O5/c1-19(27)29-18-25(22-10-6-3-7-11-22)30-24-16-21(17-26)12-13-23(24)28-15-14-20-8-4-2-5-9-20/h2-13,16-17,25H,14-15,18H2,1H3. The molecular weight excluding hydrogens is 380 g/mol. The Bertz CT molecular complexity index is 954. The summed E-state index contributed by atoms with van der Waals surface area (Å²) >= 11 is 0. The molecule has 3 aromatic rings. The van der Waals surface area contributed by atoms with Crippen LogP contribution in [0.25, 0.3) is 0 Å². The largest absolute Gasteiger partial charge is 0.489 e. The van der Waals surface area contributed by atoms with Gasteiger partial charge in [0, 0.05) is 18.9 Å². The van der Waals surface area contributed by atoms with Gasteiger partial charge in [-0.2, -0.15) is 0 Å². The second-order valence-corrected chi connectivity index (χ2v) is 6.73. The van der Waals surface area contributed by atoms with Gasteiger partial charge in [-0.1, -0.05) is 60.7 Å². The molecule has 0 spiro atoms. The highest BCUT2D eigenvalue weighted by Gasteiger charge is 2.18. The fourth-order valence-electron chi connectivity index (χ4n) is 2.95. The highest BCUT2D eigenvalue weighted by Crippen LogP contribution is 2.32. The molecule has 0 heterocycles. The quantitative estimate of drug-likeness (QED) is 0.359. The van der Waals surface area contributed by atoms with Gasteiger partial charge in [-0.15, -0.1) is 0 Å². The number of hydrogen-bond acceptors (Lipinski definition) is 5. The van der Waals surface area contributed by atoms with Crippen molar-refractivity contribution >= 4 is 12.3 Å². The maximum absolute atomic E-state index is 11.3. The molecule has 154 valence electrons. The zero-order valence-electron chi connectivity index (χ0n) is 16.8. The second kappa shape index (κ2) is 10.8. The van der Waals surface area contributed by atoms with Crippen LogP contribution in [0.2, 0.25) is 0 Å². The van der Waals surface area contributed by atoms with Crippen molar-refractivity contribution in [1.29, 1.82) is 0 Å². The third-order valence-corrected chi connectivity index (χ3v) is 4.47. The van der Waals surface area contributed by atoms with E-state index in [1.165, 1.54) is 12.5 Å². The van der Waals surface area contributed by atoms with Crippen LogP contribution < -0.4 is 9.47 Å². The van der Waals surface area contributed by atoms with Crippen LogP contribution in [-0.4, -0.2) is 25.5 Å². The summed E-state index contributed by atoms with van der Waals surface area (Å²) in [6.45, 7) is 1.86. The monoisotopic (exact) mass is 404 g/mol. The number of rotatable bonds is 10. The maximum atomic E-state index is 11.3. The van der Waals surface area contributed by atoms with Crippen molar-refractivity contribution in [2.45, 2.75) is 19.4 Å². The first-order valence-electron chi connectivity index (χ1n) is 9.76. The van der Waals surface area contributed by atoms with E-state index >= 15 is 0 Å². The minimum Gasteiger partial charge on any atom is -0.489 e. The molecule has 5 heteroatoms. The number of esters is 1. The summed E-state index contributed by atoms with van der Waals surface area (Å²) in [5.41, 5.74) is 2.49. The van der Waals surface area contributed by atoms with E-state index in [-0.39, 0.29) is 12.6 Å². The highest BCUT2D eigenvalue weighted by molar-refractivity contribution is 5.76. The van der Waals surface area contributed by atoms with Crippen LogP contribution >= 0.6 is 0 Å². The molecule has 0 fully saturated rings. The van der Waals surface area contributed by atoms with Crippen LogP contribution in [0.4, 0.5) is 0 Å². The average Bonchev–Trinajstić information content (AvgIpc) is 2.78. The Morgan fingerprint density at radius 3 is 2.30 bits per heavy atom. The Labute approximate surface area is 176 Å². The SMILES string of the molecule is CC(=O)OCC(Oc1cc(C=O)ccc1OCCc1ccccc1)c1ccccc1. The zero-order valence-corrected chi connectivity index (χ0v) is 16.8. The zero-order chi connectivity index (χ0) is 21.2. The van der Waals surface area contributed by atoms with E-state index in [0.717, 1.165) is 18.3 Å². The molecule has 0 radical (unpaired) electrons. The van der Waals surface area contributed by atoms with Crippen molar-refractivity contribution in [3.05, 3.63) is 95.6 Å². The molecule has 0 aliphatic heterocycles. The predicted octanol–water partition coefficient (Wildman–Crippen LogP) is 4.80. The molecule has 30 heavy (non-hydrogen) atoms. The molecule has 0 bridgehead atoms. The van der Waals surface area contributed by atoms with Crippen LogP contribution in [0.5, 0.6) is 11.5 Å². The lowest BCUT2D eigenvalue weighted by atomic mass is 10.1. The minimum atomic E-state index is -0.534. The predicted molar refractivity (Wildman–Crippen MR) is 114 cm³/mol. The Kier molecular flexibility index (Phi) is 7.61. The van der Waals surface area contributed by atoms with Gasteiger partial charge >= 0.3 is 5.97 Å². The van der Waals surface area contributed by atoms with Gasteiger partial charge in [-0.25, -0.2) is 0 Å². The third kappa shape index (κ3) is 6.21. The number of ether oxygens (including phenoxy) is 3. The van der Waals surface area contributed by atoms with Gasteiger partial charge in [0.2, 0.25) is 0 Å². The fraction of sp³-hybridized carbons (Fsp3) is 0.200. The summed E-state index contributed by atoms with van der Waals surface area (Å²) in [6.07, 6.45) is 0.962. The van der Waals surface area contributed by atoms with E-state index in [1.807, 2.05) is 60.7 Å². The van der Waals surface area contributed by atoms with Crippen molar-refractivity contribution < 1.29 is 23.8 Å². The van der Waals surface area contributed by atoms with Crippen LogP contribution in [0.1, 0.15) is 34.5 Å². The molecule has 1 unspecified atom stereocenters. The summed E-state index contributed by atoms with van der Waals surface area (Å²) in [5, 5.41) is 0. The number of hydrogen-bond donors (Lipinski definition) is 0. The normalized spacial score (nSPS) is 11.4. The van der Waals surface area contributed by atoms with Crippen molar-refractivity contribution in [2.75, 3.05) is 13.2 Å². The lowest BCUT2D eigenvalue weighted by Gasteiger charge is -2.21. The summed E-state index contributed by atoms with van der Waals surface area (Å²) in [4.78, 5) is 22.6. The first-order valence-corrected chi connectivity index (χ1v) is 9.76. The Hall–Kier alpha value is -3.60. The first kappa shape index (κ1) is 21.1.